The number of nitrogens with zero attached hydrogens (tertiary/aromatic N) is 1. The van der Waals surface area contributed by atoms with Gasteiger partial charge in [0.15, 0.2) is 11.6 Å². The number of aliphatic hydroxyl groups is 1. The number of carbonyl (C=O) groups is 1. The molecule has 0 saturated heterocycles. The quantitative estimate of drug-likeness (QED) is 0.263. The lowest BCUT2D eigenvalue weighted by molar-refractivity contribution is -0.139. The summed E-state index contributed by atoms with van der Waals surface area (Å²) in [6.07, 6.45) is 0.0314. The number of methoxy groups -OCH3 is 1. The van der Waals surface area contributed by atoms with Gasteiger partial charge < -0.3 is 19.3 Å². The molecule has 1 aliphatic rings. The van der Waals surface area contributed by atoms with Crippen LogP contribution in [0.3, 0.4) is 0 Å². The van der Waals surface area contributed by atoms with Crippen LogP contribution < -0.4 is 15.0 Å². The van der Waals surface area contributed by atoms with Crippen molar-refractivity contribution < 1.29 is 28.9 Å². The Balaban J connectivity index is 1.79. The predicted octanol–water partition coefficient (Wildman–Crippen LogP) is 4.40. The zero-order valence-corrected chi connectivity index (χ0v) is 22.2. The van der Waals surface area contributed by atoms with Gasteiger partial charge in [0.2, 0.25) is 5.90 Å². The maximum absolute atomic E-state index is 13.7. The molecule has 0 spiro atoms. The van der Waals surface area contributed by atoms with Crippen LogP contribution in [-0.2, 0) is 20.8 Å². The maximum Gasteiger partial charge on any atom is 0.276 e. The second-order valence-electron chi connectivity index (χ2n) is 8.47. The highest BCUT2D eigenvalue weighted by Crippen LogP contribution is 2.44. The fourth-order valence-electron chi connectivity index (χ4n) is 4.20. The summed E-state index contributed by atoms with van der Waals surface area (Å²) in [4.78, 5) is 23.7. The monoisotopic (exact) mass is 568 g/mol. The summed E-state index contributed by atoms with van der Waals surface area (Å²) in [5.74, 6) is 1.20. The second-order valence-corrected chi connectivity index (χ2v) is 9.32. The van der Waals surface area contributed by atoms with E-state index in [-0.39, 0.29) is 13.0 Å². The number of aliphatic imine (C=N–C) groups is 1. The molecule has 3 aromatic carbocycles. The molecule has 0 saturated carbocycles. The van der Waals surface area contributed by atoms with Gasteiger partial charge in [0, 0.05) is 29.5 Å². The van der Waals surface area contributed by atoms with Crippen molar-refractivity contribution >= 4 is 27.7 Å². The summed E-state index contributed by atoms with van der Waals surface area (Å²) in [6, 6.07) is 22.4. The summed E-state index contributed by atoms with van der Waals surface area (Å²) >= 11 is 3.61. The number of ether oxygens (including phenoxy) is 3. The lowest BCUT2D eigenvalue weighted by Gasteiger charge is -2.30. The molecule has 4 rings (SSSR count). The molecule has 1 aliphatic heterocycles. The number of rotatable bonds is 11. The first-order valence-corrected chi connectivity index (χ1v) is 12.6. The highest BCUT2D eigenvalue weighted by atomic mass is 79.9. The summed E-state index contributed by atoms with van der Waals surface area (Å²) in [5.41, 5.74) is 3.44. The van der Waals surface area contributed by atoms with Crippen molar-refractivity contribution in [3.8, 4) is 11.5 Å². The van der Waals surface area contributed by atoms with E-state index < -0.39 is 17.6 Å². The molecule has 8 nitrogen and oxygen atoms in total. The van der Waals surface area contributed by atoms with Crippen LogP contribution in [0.2, 0.25) is 0 Å². The molecule has 0 aromatic heterocycles. The summed E-state index contributed by atoms with van der Waals surface area (Å²) in [6.45, 7) is 0.481. The highest BCUT2D eigenvalue weighted by molar-refractivity contribution is 9.10. The number of nitrogens with one attached hydrogen (secondary N) is 1. The Morgan fingerprint density at radius 1 is 1.08 bits per heavy atom. The molecule has 2 atom stereocenters. The van der Waals surface area contributed by atoms with E-state index in [4.69, 9.17) is 29.1 Å². The average molecular weight is 569 g/mol. The molecule has 0 unspecified atom stereocenters. The summed E-state index contributed by atoms with van der Waals surface area (Å²) in [5, 5.41) is 8.97. The molecule has 0 aliphatic carbocycles. The third-order valence-electron chi connectivity index (χ3n) is 6.04. The smallest absolute Gasteiger partial charge is 0.276 e. The van der Waals surface area contributed by atoms with Crippen molar-refractivity contribution in [1.29, 1.82) is 0 Å². The minimum absolute atomic E-state index is 0.0670. The van der Waals surface area contributed by atoms with Gasteiger partial charge in [-0.1, -0.05) is 46.3 Å². The number of amides is 1. The minimum Gasteiger partial charge on any atom is -0.497 e. The maximum atomic E-state index is 13.7. The Kier molecular flexibility index (Phi) is 8.81. The fraction of sp³-hybridized carbons (Fsp3) is 0.286. The second kappa shape index (κ2) is 12.2. The Morgan fingerprint density at radius 2 is 1.86 bits per heavy atom. The van der Waals surface area contributed by atoms with Gasteiger partial charge in [-0.05, 0) is 53.6 Å². The minimum atomic E-state index is -1.38. The molecule has 194 valence electrons. The molecule has 0 bridgehead atoms. The number of benzene rings is 3. The number of halogens is 1. The van der Waals surface area contributed by atoms with Crippen molar-refractivity contribution in [2.45, 2.75) is 24.5 Å². The molecule has 1 amide bonds. The van der Waals surface area contributed by atoms with E-state index in [0.717, 1.165) is 15.6 Å². The number of hydrogen-bond donors (Lipinski definition) is 2. The molecular weight excluding hydrogens is 540 g/mol. The van der Waals surface area contributed by atoms with Crippen LogP contribution in [0.1, 0.15) is 29.2 Å². The topological polar surface area (TPSA) is 98.6 Å². The average Bonchev–Trinajstić information content (AvgIpc) is 3.31. The zero-order chi connectivity index (χ0) is 26.3. The van der Waals surface area contributed by atoms with Crippen LogP contribution in [0.15, 0.2) is 82.3 Å². The van der Waals surface area contributed by atoms with Crippen molar-refractivity contribution in [1.82, 2.24) is 5.48 Å². The number of carbonyl (C=O) groups excluding carboxylic acids is 1. The normalized spacial score (nSPS) is 18.6. The first-order valence-electron chi connectivity index (χ1n) is 11.8. The first-order chi connectivity index (χ1) is 18.0. The number of aliphatic hydroxyl groups excluding tert-OH is 1. The molecule has 9 heteroatoms. The standard InChI is InChI=1S/C28H29BrN2O6/c1-34-23-9-5-8-20(17-23)25-28(27(33)31-35-2,18-21-7-3-4-10-24(21)29)30-26(37-25)19-11-13-22(14-12-19)36-16-6-15-32/h3-5,7-14,17,25,32H,6,15-16,18H2,1-2H3,(H,31,33)/t25-,28-/m0/s1. The lowest BCUT2D eigenvalue weighted by Crippen LogP contribution is -2.49. The summed E-state index contributed by atoms with van der Waals surface area (Å²) < 4.78 is 18.4. The molecule has 3 aromatic rings. The van der Waals surface area contributed by atoms with Crippen LogP contribution in [0, 0.1) is 0 Å². The van der Waals surface area contributed by atoms with Crippen molar-refractivity contribution in [2.75, 3.05) is 27.4 Å². The van der Waals surface area contributed by atoms with Crippen LogP contribution >= 0.6 is 15.9 Å². The lowest BCUT2D eigenvalue weighted by atomic mass is 9.82. The van der Waals surface area contributed by atoms with Gasteiger partial charge in [-0.15, -0.1) is 0 Å². The van der Waals surface area contributed by atoms with E-state index in [9.17, 15) is 4.79 Å². The van der Waals surface area contributed by atoms with E-state index in [2.05, 4.69) is 21.4 Å². The third kappa shape index (κ3) is 5.95. The van der Waals surface area contributed by atoms with Gasteiger partial charge in [0.05, 0.1) is 20.8 Å². The predicted molar refractivity (Wildman–Crippen MR) is 143 cm³/mol. The van der Waals surface area contributed by atoms with Crippen LogP contribution in [0.4, 0.5) is 0 Å². The molecule has 0 radical (unpaired) electrons. The molecular formula is C28H29BrN2O6. The van der Waals surface area contributed by atoms with Gasteiger partial charge >= 0.3 is 0 Å². The molecule has 2 N–H and O–H groups in total. The molecule has 0 fully saturated rings. The van der Waals surface area contributed by atoms with E-state index in [1.54, 1.807) is 7.11 Å². The van der Waals surface area contributed by atoms with Crippen LogP contribution in [0.25, 0.3) is 0 Å². The van der Waals surface area contributed by atoms with E-state index in [1.165, 1.54) is 7.11 Å². The highest BCUT2D eigenvalue weighted by Gasteiger charge is 2.53. The summed E-state index contributed by atoms with van der Waals surface area (Å²) in [7, 11) is 2.98. The van der Waals surface area contributed by atoms with Crippen molar-refractivity contribution in [3.63, 3.8) is 0 Å². The number of hydrogen-bond acceptors (Lipinski definition) is 7. The van der Waals surface area contributed by atoms with Gasteiger partial charge in [0.1, 0.15) is 11.5 Å². The van der Waals surface area contributed by atoms with E-state index in [1.807, 2.05) is 72.8 Å². The third-order valence-corrected chi connectivity index (χ3v) is 6.81. The van der Waals surface area contributed by atoms with Gasteiger partial charge in [0.25, 0.3) is 5.91 Å². The van der Waals surface area contributed by atoms with Crippen molar-refractivity contribution in [3.05, 3.63) is 94.0 Å². The van der Waals surface area contributed by atoms with Crippen LogP contribution in [-0.4, -0.2) is 49.9 Å². The largest absolute Gasteiger partial charge is 0.497 e. The Labute approximate surface area is 224 Å². The Bertz CT molecular complexity index is 1250. The SMILES string of the molecule is CONC(=O)[C@@]1(Cc2ccccc2Br)N=C(c2ccc(OCCCO)cc2)O[C@H]1c1cccc(OC)c1. The van der Waals surface area contributed by atoms with Gasteiger partial charge in [-0.25, -0.2) is 10.5 Å². The molecule has 1 heterocycles. The Morgan fingerprint density at radius 3 is 2.57 bits per heavy atom. The first kappa shape index (κ1) is 26.7. The Hall–Kier alpha value is -3.40. The van der Waals surface area contributed by atoms with Crippen LogP contribution in [0.5, 0.6) is 11.5 Å². The fourth-order valence-corrected chi connectivity index (χ4v) is 4.63. The van der Waals surface area contributed by atoms with Gasteiger partial charge in [-0.2, -0.15) is 0 Å². The van der Waals surface area contributed by atoms with E-state index >= 15 is 0 Å². The number of hydroxylamine groups is 1. The van der Waals surface area contributed by atoms with E-state index in [0.29, 0.717) is 36.0 Å². The van der Waals surface area contributed by atoms with Crippen molar-refractivity contribution in [2.24, 2.45) is 4.99 Å². The zero-order valence-electron chi connectivity index (χ0n) is 20.6. The van der Waals surface area contributed by atoms with Gasteiger partial charge in [-0.3, -0.25) is 9.63 Å². The molecule has 37 heavy (non-hydrogen) atoms.